The Morgan fingerprint density at radius 3 is 2.84 bits per heavy atom. The van der Waals surface area contributed by atoms with Crippen LogP contribution in [0.3, 0.4) is 0 Å². The van der Waals surface area contributed by atoms with Gasteiger partial charge >= 0.3 is 0 Å². The van der Waals surface area contributed by atoms with Crippen LogP contribution in [0.1, 0.15) is 49.1 Å². The number of furan rings is 1. The fourth-order valence-corrected chi connectivity index (χ4v) is 4.44. The number of allylic oxidation sites excluding steroid dienone is 1. The van der Waals surface area contributed by atoms with E-state index in [1.807, 2.05) is 38.1 Å². The number of carbonyl (C=O) groups excluding carboxylic acids is 1. The van der Waals surface area contributed by atoms with Crippen LogP contribution in [0.2, 0.25) is 0 Å². The number of ether oxygens (including phenoxy) is 3. The van der Waals surface area contributed by atoms with Gasteiger partial charge in [0.1, 0.15) is 17.1 Å². The van der Waals surface area contributed by atoms with Gasteiger partial charge in [0.2, 0.25) is 12.7 Å². The largest absolute Gasteiger partial charge is 0.493 e. The summed E-state index contributed by atoms with van der Waals surface area (Å²) in [5.74, 6) is 3.12. The van der Waals surface area contributed by atoms with Crippen LogP contribution >= 0.6 is 0 Å². The number of rotatable bonds is 6. The lowest BCUT2D eigenvalue weighted by Gasteiger charge is -2.12. The average molecular weight is 434 g/mol. The van der Waals surface area contributed by atoms with E-state index >= 15 is 0 Å². The Morgan fingerprint density at radius 1 is 1.12 bits per heavy atom. The van der Waals surface area contributed by atoms with Crippen molar-refractivity contribution in [3.63, 3.8) is 0 Å². The lowest BCUT2D eigenvalue weighted by molar-refractivity contribution is -0.116. The quantitative estimate of drug-likeness (QED) is 0.544. The van der Waals surface area contributed by atoms with Crippen LogP contribution in [0.4, 0.5) is 0 Å². The molecule has 0 fully saturated rings. The predicted molar refractivity (Wildman–Crippen MR) is 122 cm³/mol. The number of amides is 1. The molecule has 1 aliphatic heterocycles. The van der Waals surface area contributed by atoms with E-state index in [-0.39, 0.29) is 12.7 Å². The molecule has 6 heteroatoms. The molecule has 2 aromatic carbocycles. The highest BCUT2D eigenvalue weighted by atomic mass is 16.7. The van der Waals surface area contributed by atoms with Gasteiger partial charge in [-0.25, -0.2) is 0 Å². The molecule has 1 amide bonds. The smallest absolute Gasteiger partial charge is 0.244 e. The van der Waals surface area contributed by atoms with Crippen molar-refractivity contribution >= 4 is 22.4 Å². The SMILES string of the molecule is CCOc1cc2oc3c(c2cc1/C(C)=C/C(=O)NCc1ccc2c(c1)OCO2)CCCC3. The summed E-state index contributed by atoms with van der Waals surface area (Å²) in [5, 5.41) is 4.08. The van der Waals surface area contributed by atoms with Crippen molar-refractivity contribution in [2.75, 3.05) is 13.4 Å². The van der Waals surface area contributed by atoms with Crippen molar-refractivity contribution in [1.29, 1.82) is 0 Å². The van der Waals surface area contributed by atoms with Crippen LogP contribution in [0.25, 0.3) is 16.5 Å². The molecule has 2 aliphatic rings. The fourth-order valence-electron chi connectivity index (χ4n) is 4.44. The van der Waals surface area contributed by atoms with Crippen molar-refractivity contribution in [2.45, 2.75) is 46.1 Å². The maximum atomic E-state index is 12.6. The number of carbonyl (C=O) groups is 1. The van der Waals surface area contributed by atoms with Crippen molar-refractivity contribution in [2.24, 2.45) is 0 Å². The molecule has 2 heterocycles. The van der Waals surface area contributed by atoms with Gasteiger partial charge in [0, 0.05) is 41.6 Å². The molecule has 32 heavy (non-hydrogen) atoms. The van der Waals surface area contributed by atoms with Gasteiger partial charge in [-0.2, -0.15) is 0 Å². The first-order valence-corrected chi connectivity index (χ1v) is 11.2. The van der Waals surface area contributed by atoms with E-state index in [2.05, 4.69) is 11.4 Å². The summed E-state index contributed by atoms with van der Waals surface area (Å²) < 4.78 is 22.7. The van der Waals surface area contributed by atoms with E-state index in [4.69, 9.17) is 18.6 Å². The lowest BCUT2D eigenvalue weighted by atomic mass is 9.94. The first kappa shape index (κ1) is 20.5. The Bertz CT molecular complexity index is 1210. The van der Waals surface area contributed by atoms with Gasteiger partial charge in [0.05, 0.1) is 6.61 Å². The Morgan fingerprint density at radius 2 is 1.97 bits per heavy atom. The number of fused-ring (bicyclic) bond motifs is 4. The third kappa shape index (κ3) is 3.93. The number of aryl methyl sites for hydroxylation is 2. The van der Waals surface area contributed by atoms with Crippen LogP contribution in [-0.4, -0.2) is 19.3 Å². The van der Waals surface area contributed by atoms with Crippen molar-refractivity contribution in [3.05, 3.63) is 58.9 Å². The van der Waals surface area contributed by atoms with E-state index in [0.29, 0.717) is 18.9 Å². The van der Waals surface area contributed by atoms with Crippen LogP contribution in [0.15, 0.2) is 40.8 Å². The molecule has 6 nitrogen and oxygen atoms in total. The molecule has 5 rings (SSSR count). The summed E-state index contributed by atoms with van der Waals surface area (Å²) in [5.41, 5.74) is 4.89. The van der Waals surface area contributed by atoms with E-state index in [0.717, 1.165) is 57.8 Å². The molecule has 1 N–H and O–H groups in total. The normalized spacial score (nSPS) is 15.0. The Kier molecular flexibility index (Phi) is 5.52. The molecular formula is C26H27NO5. The number of hydrogen-bond donors (Lipinski definition) is 1. The Labute approximate surface area is 187 Å². The summed E-state index contributed by atoms with van der Waals surface area (Å²) in [6.45, 7) is 5.09. The summed E-state index contributed by atoms with van der Waals surface area (Å²) in [7, 11) is 0. The van der Waals surface area contributed by atoms with Crippen LogP contribution in [-0.2, 0) is 24.2 Å². The minimum atomic E-state index is -0.156. The minimum Gasteiger partial charge on any atom is -0.493 e. The summed E-state index contributed by atoms with van der Waals surface area (Å²) in [6, 6.07) is 9.76. The highest BCUT2D eigenvalue weighted by Gasteiger charge is 2.20. The van der Waals surface area contributed by atoms with Crippen LogP contribution in [0, 0.1) is 0 Å². The second kappa shape index (κ2) is 8.61. The third-order valence-electron chi connectivity index (χ3n) is 6.03. The molecule has 166 valence electrons. The second-order valence-corrected chi connectivity index (χ2v) is 8.22. The lowest BCUT2D eigenvalue weighted by Crippen LogP contribution is -2.20. The van der Waals surface area contributed by atoms with Crippen molar-refractivity contribution in [1.82, 2.24) is 5.32 Å². The predicted octanol–water partition coefficient (Wildman–Crippen LogP) is 5.16. The number of nitrogens with one attached hydrogen (secondary N) is 1. The highest BCUT2D eigenvalue weighted by Crippen LogP contribution is 2.38. The molecule has 0 spiro atoms. The van der Waals surface area contributed by atoms with Gasteiger partial charge in [-0.15, -0.1) is 0 Å². The molecule has 1 aliphatic carbocycles. The molecular weight excluding hydrogens is 406 g/mol. The molecule has 3 aromatic rings. The van der Waals surface area contributed by atoms with Gasteiger partial charge in [0.25, 0.3) is 0 Å². The molecule has 0 saturated carbocycles. The monoisotopic (exact) mass is 433 g/mol. The molecule has 0 radical (unpaired) electrons. The molecule has 0 atom stereocenters. The van der Waals surface area contributed by atoms with Crippen LogP contribution in [0.5, 0.6) is 17.2 Å². The zero-order valence-electron chi connectivity index (χ0n) is 18.5. The van der Waals surface area contributed by atoms with E-state index in [1.54, 1.807) is 6.08 Å². The summed E-state index contributed by atoms with van der Waals surface area (Å²) in [6.07, 6.45) is 6.00. The second-order valence-electron chi connectivity index (χ2n) is 8.22. The van der Waals surface area contributed by atoms with E-state index in [9.17, 15) is 4.79 Å². The Hall–Kier alpha value is -3.41. The standard InChI is InChI=1S/C26H27NO5/c1-3-29-23-13-24-20(18-6-4-5-7-21(18)32-24)12-19(23)16(2)10-26(28)27-14-17-8-9-22-25(11-17)31-15-30-22/h8-13H,3-7,14-15H2,1-2H3,(H,27,28)/b16-10+. The van der Waals surface area contributed by atoms with Gasteiger partial charge in [-0.05, 0) is 62.4 Å². The van der Waals surface area contributed by atoms with Gasteiger partial charge in [-0.1, -0.05) is 6.07 Å². The Balaban J connectivity index is 1.38. The maximum Gasteiger partial charge on any atom is 0.244 e. The third-order valence-corrected chi connectivity index (χ3v) is 6.03. The van der Waals surface area contributed by atoms with Gasteiger partial charge in [-0.3, -0.25) is 4.79 Å². The van der Waals surface area contributed by atoms with Crippen molar-refractivity contribution < 1.29 is 23.4 Å². The average Bonchev–Trinajstić information content (AvgIpc) is 3.40. The van der Waals surface area contributed by atoms with Gasteiger partial charge < -0.3 is 23.9 Å². The van der Waals surface area contributed by atoms with E-state index in [1.165, 1.54) is 18.4 Å². The molecule has 0 saturated heterocycles. The van der Waals surface area contributed by atoms with Crippen LogP contribution < -0.4 is 19.5 Å². The topological polar surface area (TPSA) is 69.9 Å². The van der Waals surface area contributed by atoms with E-state index < -0.39 is 0 Å². The zero-order chi connectivity index (χ0) is 22.1. The maximum absolute atomic E-state index is 12.6. The number of hydrogen-bond acceptors (Lipinski definition) is 5. The molecule has 1 aromatic heterocycles. The highest BCUT2D eigenvalue weighted by molar-refractivity contribution is 5.97. The first-order chi connectivity index (χ1) is 15.6. The van der Waals surface area contributed by atoms with Crippen molar-refractivity contribution in [3.8, 4) is 17.2 Å². The molecule has 0 unspecified atom stereocenters. The number of benzene rings is 2. The first-order valence-electron chi connectivity index (χ1n) is 11.2. The summed E-state index contributed by atoms with van der Waals surface area (Å²) >= 11 is 0. The minimum absolute atomic E-state index is 0.156. The summed E-state index contributed by atoms with van der Waals surface area (Å²) in [4.78, 5) is 12.6. The van der Waals surface area contributed by atoms with Gasteiger partial charge in [0.15, 0.2) is 11.5 Å². The molecule has 0 bridgehead atoms. The zero-order valence-corrected chi connectivity index (χ0v) is 18.5. The fraction of sp³-hybridized carbons (Fsp3) is 0.346.